The summed E-state index contributed by atoms with van der Waals surface area (Å²) in [6.07, 6.45) is 1.17. The van der Waals surface area contributed by atoms with Crippen LogP contribution in [0.25, 0.3) is 0 Å². The largest absolute Gasteiger partial charge is 0.367 e. The van der Waals surface area contributed by atoms with Gasteiger partial charge in [0.2, 0.25) is 11.1 Å². The lowest BCUT2D eigenvalue weighted by Gasteiger charge is -2.26. The Labute approximate surface area is 94.1 Å². The second-order valence-electron chi connectivity index (χ2n) is 4.09. The number of nitrogens with two attached hydrogens (primary N) is 1. The highest BCUT2D eigenvalue weighted by Crippen LogP contribution is 2.22. The van der Waals surface area contributed by atoms with Gasteiger partial charge in [0, 0.05) is 30.7 Å². The average Bonchev–Trinajstić information content (AvgIpc) is 2.51. The van der Waals surface area contributed by atoms with E-state index in [4.69, 9.17) is 5.73 Å². The molecule has 1 aliphatic heterocycles. The fraction of sp³-hybridized carbons (Fsp3) is 0.778. The zero-order valence-corrected chi connectivity index (χ0v) is 10.00. The van der Waals surface area contributed by atoms with E-state index in [1.54, 1.807) is 0 Å². The third-order valence-corrected chi connectivity index (χ3v) is 3.49. The Morgan fingerprint density at radius 3 is 2.93 bits per heavy atom. The van der Waals surface area contributed by atoms with Crippen LogP contribution in [0, 0.1) is 0 Å². The first-order valence-electron chi connectivity index (χ1n) is 5.21. The van der Waals surface area contributed by atoms with Crippen LogP contribution in [0.2, 0.25) is 0 Å². The molecule has 6 heteroatoms. The summed E-state index contributed by atoms with van der Waals surface area (Å²) in [4.78, 5) is 8.90. The van der Waals surface area contributed by atoms with Crippen molar-refractivity contribution in [1.29, 1.82) is 0 Å². The monoisotopic (exact) mass is 227 g/mol. The minimum absolute atomic E-state index is 0.389. The SMILES string of the molecule is CC1CN(C)CCCN1c1nc(N)ns1. The molecule has 2 N–H and O–H groups in total. The van der Waals surface area contributed by atoms with Crippen LogP contribution >= 0.6 is 11.5 Å². The molecule has 0 aromatic carbocycles. The molecule has 1 fully saturated rings. The van der Waals surface area contributed by atoms with Crippen LogP contribution in [0.5, 0.6) is 0 Å². The van der Waals surface area contributed by atoms with Crippen LogP contribution in [0.3, 0.4) is 0 Å². The van der Waals surface area contributed by atoms with Crippen molar-refractivity contribution >= 4 is 22.6 Å². The van der Waals surface area contributed by atoms with Crippen molar-refractivity contribution in [3.63, 3.8) is 0 Å². The van der Waals surface area contributed by atoms with Crippen LogP contribution in [0.1, 0.15) is 13.3 Å². The van der Waals surface area contributed by atoms with Gasteiger partial charge in [-0.3, -0.25) is 0 Å². The van der Waals surface area contributed by atoms with E-state index in [2.05, 4.69) is 33.1 Å². The molecule has 1 saturated heterocycles. The Bertz CT molecular complexity index is 326. The van der Waals surface area contributed by atoms with Gasteiger partial charge < -0.3 is 15.5 Å². The van der Waals surface area contributed by atoms with E-state index in [-0.39, 0.29) is 0 Å². The summed E-state index contributed by atoms with van der Waals surface area (Å²) < 4.78 is 4.03. The van der Waals surface area contributed by atoms with Crippen molar-refractivity contribution < 1.29 is 0 Å². The summed E-state index contributed by atoms with van der Waals surface area (Å²) in [5.74, 6) is 0.389. The lowest BCUT2D eigenvalue weighted by atomic mass is 10.3. The third-order valence-electron chi connectivity index (χ3n) is 2.72. The van der Waals surface area contributed by atoms with E-state index in [1.165, 1.54) is 18.0 Å². The molecular formula is C9H17N5S. The summed E-state index contributed by atoms with van der Waals surface area (Å²) in [6.45, 7) is 5.48. The van der Waals surface area contributed by atoms with Gasteiger partial charge in [-0.2, -0.15) is 9.36 Å². The first-order valence-corrected chi connectivity index (χ1v) is 5.98. The molecule has 0 aliphatic carbocycles. The zero-order valence-electron chi connectivity index (χ0n) is 9.18. The Hall–Kier alpha value is -0.880. The van der Waals surface area contributed by atoms with Crippen molar-refractivity contribution in [1.82, 2.24) is 14.3 Å². The lowest BCUT2D eigenvalue weighted by Crippen LogP contribution is -2.37. The van der Waals surface area contributed by atoms with E-state index in [9.17, 15) is 0 Å². The van der Waals surface area contributed by atoms with Crippen molar-refractivity contribution in [2.24, 2.45) is 0 Å². The second-order valence-corrected chi connectivity index (χ2v) is 4.82. The van der Waals surface area contributed by atoms with Gasteiger partial charge in [0.25, 0.3) is 0 Å². The van der Waals surface area contributed by atoms with Gasteiger partial charge >= 0.3 is 0 Å². The molecule has 84 valence electrons. The van der Waals surface area contributed by atoms with Crippen LogP contribution < -0.4 is 10.6 Å². The molecule has 0 saturated carbocycles. The molecule has 0 spiro atoms. The average molecular weight is 227 g/mol. The first kappa shape index (κ1) is 10.6. The van der Waals surface area contributed by atoms with Crippen LogP contribution in [0.4, 0.5) is 11.1 Å². The Balaban J connectivity index is 2.13. The van der Waals surface area contributed by atoms with Crippen LogP contribution in [-0.2, 0) is 0 Å². The van der Waals surface area contributed by atoms with Gasteiger partial charge in [0.05, 0.1) is 0 Å². The van der Waals surface area contributed by atoms with Gasteiger partial charge in [-0.15, -0.1) is 0 Å². The molecule has 1 aromatic heterocycles. The minimum atomic E-state index is 0.389. The van der Waals surface area contributed by atoms with Crippen LogP contribution in [0.15, 0.2) is 0 Å². The second kappa shape index (κ2) is 4.32. The number of nitrogen functional groups attached to an aromatic ring is 1. The number of anilines is 2. The predicted molar refractivity (Wildman–Crippen MR) is 63.2 cm³/mol. The maximum atomic E-state index is 5.55. The number of nitrogens with zero attached hydrogens (tertiary/aromatic N) is 4. The molecule has 5 nitrogen and oxygen atoms in total. The highest BCUT2D eigenvalue weighted by molar-refractivity contribution is 7.09. The molecular weight excluding hydrogens is 210 g/mol. The van der Waals surface area contributed by atoms with Crippen molar-refractivity contribution in [2.75, 3.05) is 37.3 Å². The van der Waals surface area contributed by atoms with Gasteiger partial charge in [0.1, 0.15) is 0 Å². The zero-order chi connectivity index (χ0) is 10.8. The quantitative estimate of drug-likeness (QED) is 0.763. The molecule has 0 radical (unpaired) electrons. The predicted octanol–water partition coefficient (Wildman–Crippen LogP) is 0.651. The van der Waals surface area contributed by atoms with E-state index < -0.39 is 0 Å². The molecule has 1 unspecified atom stereocenters. The molecule has 0 bridgehead atoms. The number of rotatable bonds is 1. The Kier molecular flexibility index (Phi) is 3.06. The number of hydrogen-bond acceptors (Lipinski definition) is 6. The van der Waals surface area contributed by atoms with Gasteiger partial charge in [-0.25, -0.2) is 0 Å². The lowest BCUT2D eigenvalue weighted by molar-refractivity contribution is 0.337. The Morgan fingerprint density at radius 2 is 2.27 bits per heavy atom. The normalized spacial score (nSPS) is 24.1. The summed E-state index contributed by atoms with van der Waals surface area (Å²) >= 11 is 1.39. The third kappa shape index (κ3) is 2.38. The fourth-order valence-corrected chi connectivity index (χ4v) is 2.73. The summed E-state index contributed by atoms with van der Waals surface area (Å²) in [6, 6.07) is 0.477. The number of aromatic nitrogens is 2. The highest BCUT2D eigenvalue weighted by Gasteiger charge is 2.22. The van der Waals surface area contributed by atoms with Crippen molar-refractivity contribution in [3.05, 3.63) is 0 Å². The van der Waals surface area contributed by atoms with E-state index >= 15 is 0 Å². The van der Waals surface area contributed by atoms with Crippen molar-refractivity contribution in [2.45, 2.75) is 19.4 Å². The topological polar surface area (TPSA) is 58.3 Å². The summed E-state index contributed by atoms with van der Waals surface area (Å²) in [5.41, 5.74) is 5.55. The summed E-state index contributed by atoms with van der Waals surface area (Å²) in [5, 5.41) is 0.954. The maximum Gasteiger partial charge on any atom is 0.233 e. The van der Waals surface area contributed by atoms with Gasteiger partial charge in [-0.05, 0) is 26.9 Å². The minimum Gasteiger partial charge on any atom is -0.367 e. The first-order chi connectivity index (χ1) is 7.16. The molecule has 0 amide bonds. The Morgan fingerprint density at radius 1 is 1.47 bits per heavy atom. The number of hydrogen-bond donors (Lipinski definition) is 1. The molecule has 2 rings (SSSR count). The number of likely N-dealkylation sites (N-methyl/N-ethyl adjacent to an activating group) is 1. The standard InChI is InChI=1S/C9H17N5S/c1-7-6-13(2)4-3-5-14(7)9-11-8(10)12-15-9/h7H,3-6H2,1-2H3,(H2,10,12). The fourth-order valence-electron chi connectivity index (χ4n) is 2.00. The summed E-state index contributed by atoms with van der Waals surface area (Å²) in [7, 11) is 2.16. The van der Waals surface area contributed by atoms with E-state index in [1.807, 2.05) is 0 Å². The highest BCUT2D eigenvalue weighted by atomic mass is 32.1. The van der Waals surface area contributed by atoms with Gasteiger partial charge in [0.15, 0.2) is 0 Å². The molecule has 2 heterocycles. The molecule has 1 aromatic rings. The van der Waals surface area contributed by atoms with Gasteiger partial charge in [-0.1, -0.05) is 0 Å². The maximum absolute atomic E-state index is 5.55. The van der Waals surface area contributed by atoms with E-state index in [0.29, 0.717) is 12.0 Å². The smallest absolute Gasteiger partial charge is 0.233 e. The molecule has 15 heavy (non-hydrogen) atoms. The van der Waals surface area contributed by atoms with Crippen molar-refractivity contribution in [3.8, 4) is 0 Å². The van der Waals surface area contributed by atoms with Crippen LogP contribution in [-0.4, -0.2) is 47.0 Å². The molecule has 1 atom stereocenters. The molecule has 1 aliphatic rings. The van der Waals surface area contributed by atoms with E-state index in [0.717, 1.165) is 24.8 Å².